The van der Waals surface area contributed by atoms with Gasteiger partial charge in [0.05, 0.1) is 31.0 Å². The number of amides is 1. The lowest BCUT2D eigenvalue weighted by atomic mass is 9.96. The molecule has 0 bridgehead atoms. The summed E-state index contributed by atoms with van der Waals surface area (Å²) in [5.41, 5.74) is 4.27. The van der Waals surface area contributed by atoms with E-state index in [1.165, 1.54) is 0 Å². The van der Waals surface area contributed by atoms with Crippen molar-refractivity contribution in [3.63, 3.8) is 0 Å². The van der Waals surface area contributed by atoms with Crippen molar-refractivity contribution in [1.82, 2.24) is 9.88 Å². The maximum Gasteiger partial charge on any atom is 0.255 e. The van der Waals surface area contributed by atoms with Crippen molar-refractivity contribution in [2.24, 2.45) is 0 Å². The quantitative estimate of drug-likeness (QED) is 0.469. The number of benzene rings is 2. The second-order valence-electron chi connectivity index (χ2n) is 8.20. The summed E-state index contributed by atoms with van der Waals surface area (Å²) in [6.07, 6.45) is 6.44. The Morgan fingerprint density at radius 2 is 1.74 bits per heavy atom. The molecule has 6 nitrogen and oxygen atoms in total. The third-order valence-corrected chi connectivity index (χ3v) is 6.26. The Bertz CT molecular complexity index is 1200. The Morgan fingerprint density at radius 3 is 2.35 bits per heavy atom. The van der Waals surface area contributed by atoms with Crippen molar-refractivity contribution >= 4 is 28.6 Å². The van der Waals surface area contributed by atoms with Crippen molar-refractivity contribution in [3.8, 4) is 11.5 Å². The van der Waals surface area contributed by atoms with E-state index in [0.717, 1.165) is 58.0 Å². The van der Waals surface area contributed by atoms with E-state index < -0.39 is 0 Å². The molecular weight excluding hydrogens is 426 g/mol. The van der Waals surface area contributed by atoms with Gasteiger partial charge in [-0.25, -0.2) is 4.98 Å². The smallest absolute Gasteiger partial charge is 0.255 e. The third-order valence-electron chi connectivity index (χ3n) is 6.26. The van der Waals surface area contributed by atoms with Crippen molar-refractivity contribution in [2.45, 2.75) is 13.3 Å². The van der Waals surface area contributed by atoms with Crippen molar-refractivity contribution in [2.75, 3.05) is 45.3 Å². The number of piperazine rings is 1. The van der Waals surface area contributed by atoms with E-state index in [9.17, 15) is 4.79 Å². The van der Waals surface area contributed by atoms with Crippen LogP contribution >= 0.6 is 0 Å². The molecule has 0 aliphatic carbocycles. The number of pyridine rings is 1. The van der Waals surface area contributed by atoms with E-state index in [4.69, 9.17) is 14.5 Å². The molecule has 0 atom stereocenters. The lowest BCUT2D eigenvalue weighted by molar-refractivity contribution is 0.0747. The van der Waals surface area contributed by atoms with Crippen LogP contribution in [0.3, 0.4) is 0 Å². The number of fused-ring (bicyclic) bond motifs is 1. The minimum atomic E-state index is 0.0454. The first-order valence-electron chi connectivity index (χ1n) is 11.5. The highest BCUT2D eigenvalue weighted by Crippen LogP contribution is 2.30. The van der Waals surface area contributed by atoms with Crippen LogP contribution in [-0.2, 0) is 6.42 Å². The lowest BCUT2D eigenvalue weighted by Crippen LogP contribution is -2.49. The van der Waals surface area contributed by atoms with Crippen LogP contribution < -0.4 is 14.4 Å². The van der Waals surface area contributed by atoms with E-state index in [2.05, 4.69) is 17.6 Å². The second-order valence-corrected chi connectivity index (χ2v) is 8.20. The predicted octanol–water partition coefficient (Wildman–Crippen LogP) is 4.98. The number of allylic oxidation sites excluding steroid dienone is 2. The summed E-state index contributed by atoms with van der Waals surface area (Å²) in [4.78, 5) is 22.9. The highest BCUT2D eigenvalue weighted by molar-refractivity contribution is 6.08. The molecule has 1 fully saturated rings. The molecule has 0 saturated carbocycles. The number of methoxy groups -OCH3 is 2. The molecule has 176 valence electrons. The van der Waals surface area contributed by atoms with E-state index in [1.807, 2.05) is 60.4 Å². The molecule has 1 aliphatic rings. The first-order valence-corrected chi connectivity index (χ1v) is 11.5. The molecule has 0 spiro atoms. The third kappa shape index (κ3) is 4.62. The van der Waals surface area contributed by atoms with E-state index in [0.29, 0.717) is 19.5 Å². The summed E-state index contributed by atoms with van der Waals surface area (Å²) in [6, 6.07) is 13.7. The molecule has 34 heavy (non-hydrogen) atoms. The van der Waals surface area contributed by atoms with E-state index in [-0.39, 0.29) is 5.91 Å². The van der Waals surface area contributed by atoms with Crippen LogP contribution in [0.25, 0.3) is 17.0 Å². The molecule has 2 heterocycles. The molecule has 1 aliphatic heterocycles. The van der Waals surface area contributed by atoms with Crippen LogP contribution in [0.15, 0.2) is 61.2 Å². The van der Waals surface area contributed by atoms with Gasteiger partial charge in [-0.1, -0.05) is 36.9 Å². The average molecular weight is 458 g/mol. The summed E-state index contributed by atoms with van der Waals surface area (Å²) < 4.78 is 10.8. The van der Waals surface area contributed by atoms with Gasteiger partial charge in [0.2, 0.25) is 0 Å². The van der Waals surface area contributed by atoms with Crippen molar-refractivity contribution in [1.29, 1.82) is 0 Å². The molecular formula is C28H31N3O3. The van der Waals surface area contributed by atoms with Gasteiger partial charge in [0.1, 0.15) is 11.5 Å². The first-order chi connectivity index (χ1) is 16.6. The van der Waals surface area contributed by atoms with Crippen molar-refractivity contribution in [3.05, 3.63) is 78.0 Å². The number of nitrogens with zero attached hydrogens (tertiary/aromatic N) is 3. The Balaban J connectivity index is 1.63. The van der Waals surface area contributed by atoms with Gasteiger partial charge in [0.15, 0.2) is 0 Å². The summed E-state index contributed by atoms with van der Waals surface area (Å²) >= 11 is 0. The Morgan fingerprint density at radius 1 is 1.06 bits per heavy atom. The Hall–Kier alpha value is -3.80. The van der Waals surface area contributed by atoms with Gasteiger partial charge >= 0.3 is 0 Å². The molecule has 0 radical (unpaired) electrons. The molecule has 2 aromatic carbocycles. The summed E-state index contributed by atoms with van der Waals surface area (Å²) in [7, 11) is 3.30. The molecule has 4 rings (SSSR count). The largest absolute Gasteiger partial charge is 0.497 e. The average Bonchev–Trinajstić information content (AvgIpc) is 2.90. The molecule has 1 aromatic heterocycles. The normalized spacial score (nSPS) is 14.0. The minimum Gasteiger partial charge on any atom is -0.497 e. The first kappa shape index (κ1) is 23.4. The maximum absolute atomic E-state index is 13.9. The second kappa shape index (κ2) is 10.4. The molecule has 6 heteroatoms. The Labute approximate surface area is 201 Å². The minimum absolute atomic E-state index is 0.0454. The molecule has 1 saturated heterocycles. The van der Waals surface area contributed by atoms with Gasteiger partial charge in [0, 0.05) is 55.5 Å². The number of para-hydroxylation sites is 1. The van der Waals surface area contributed by atoms with Gasteiger partial charge < -0.3 is 19.3 Å². The van der Waals surface area contributed by atoms with Crippen LogP contribution in [0.5, 0.6) is 11.5 Å². The fraction of sp³-hybridized carbons (Fsp3) is 0.286. The predicted molar refractivity (Wildman–Crippen MR) is 138 cm³/mol. The standard InChI is InChI=1S/C28H31N3O3/c1-5-7-10-23-25(6-2)29-26-12-9-8-11-24(26)27(23)28(32)31-15-13-30(14-16-31)20-17-21(33-3)19-22(18-20)34-4/h5-9,11-12,17-19H,2,10,13-16H2,1,3-4H3/b7-5-. The Kier molecular flexibility index (Phi) is 7.16. The number of aromatic nitrogens is 1. The molecule has 0 unspecified atom stereocenters. The topological polar surface area (TPSA) is 54.9 Å². The molecule has 3 aromatic rings. The number of anilines is 1. The van der Waals surface area contributed by atoms with Crippen LogP contribution in [0.4, 0.5) is 5.69 Å². The molecule has 1 amide bonds. The van der Waals surface area contributed by atoms with Crippen LogP contribution in [-0.4, -0.2) is 56.2 Å². The number of hydrogen-bond acceptors (Lipinski definition) is 5. The summed E-state index contributed by atoms with van der Waals surface area (Å²) in [5.74, 6) is 1.55. The number of ether oxygens (including phenoxy) is 2. The molecule has 0 N–H and O–H groups in total. The monoisotopic (exact) mass is 457 g/mol. The van der Waals surface area contributed by atoms with Gasteiger partial charge in [-0.05, 0) is 31.1 Å². The summed E-state index contributed by atoms with van der Waals surface area (Å²) in [5, 5.41) is 0.887. The maximum atomic E-state index is 13.9. The zero-order valence-corrected chi connectivity index (χ0v) is 20.1. The fourth-order valence-corrected chi connectivity index (χ4v) is 4.43. The van der Waals surface area contributed by atoms with Gasteiger partial charge in [-0.3, -0.25) is 4.79 Å². The number of hydrogen-bond donors (Lipinski definition) is 0. The van der Waals surface area contributed by atoms with Crippen LogP contribution in [0, 0.1) is 0 Å². The highest BCUT2D eigenvalue weighted by Gasteiger charge is 2.27. The van der Waals surface area contributed by atoms with Crippen LogP contribution in [0.2, 0.25) is 0 Å². The van der Waals surface area contributed by atoms with E-state index >= 15 is 0 Å². The van der Waals surface area contributed by atoms with Gasteiger partial charge in [-0.2, -0.15) is 0 Å². The van der Waals surface area contributed by atoms with Crippen molar-refractivity contribution < 1.29 is 14.3 Å². The number of carbonyl (C=O) groups is 1. The van der Waals surface area contributed by atoms with E-state index in [1.54, 1.807) is 20.3 Å². The SMILES string of the molecule is C=Cc1nc2ccccc2c(C(=O)N2CCN(c3cc(OC)cc(OC)c3)CC2)c1C/C=C\C. The lowest BCUT2D eigenvalue weighted by Gasteiger charge is -2.36. The highest BCUT2D eigenvalue weighted by atomic mass is 16.5. The zero-order valence-electron chi connectivity index (χ0n) is 20.1. The van der Waals surface area contributed by atoms with Gasteiger partial charge in [0.25, 0.3) is 5.91 Å². The zero-order chi connectivity index (χ0) is 24.1. The van der Waals surface area contributed by atoms with Crippen LogP contribution in [0.1, 0.15) is 28.5 Å². The number of carbonyl (C=O) groups excluding carboxylic acids is 1. The fourth-order valence-electron chi connectivity index (χ4n) is 4.43. The summed E-state index contributed by atoms with van der Waals surface area (Å²) in [6.45, 7) is 8.64. The van der Waals surface area contributed by atoms with Gasteiger partial charge in [-0.15, -0.1) is 0 Å². The number of rotatable bonds is 7.